The summed E-state index contributed by atoms with van der Waals surface area (Å²) in [6, 6.07) is 6.49. The first kappa shape index (κ1) is 18.6. The summed E-state index contributed by atoms with van der Waals surface area (Å²) in [5.74, 6) is -0.967. The Hall–Kier alpha value is -2.14. The van der Waals surface area contributed by atoms with Gasteiger partial charge in [-0.2, -0.15) is 0 Å². The van der Waals surface area contributed by atoms with E-state index in [0.29, 0.717) is 5.71 Å². The van der Waals surface area contributed by atoms with Crippen molar-refractivity contribution in [2.45, 2.75) is 58.3 Å². The number of carbonyl (C=O) groups is 1. The fraction of sp³-hybridized carbons (Fsp3) is 0.429. The van der Waals surface area contributed by atoms with Crippen LogP contribution < -0.4 is 0 Å². The maximum Gasteiger partial charge on any atom is 0.335 e. The van der Waals surface area contributed by atoms with Gasteiger partial charge in [0.1, 0.15) is 5.71 Å². The van der Waals surface area contributed by atoms with Gasteiger partial charge >= 0.3 is 5.97 Å². The Kier molecular flexibility index (Phi) is 4.47. The fourth-order valence-electron chi connectivity index (χ4n) is 3.90. The smallest absolute Gasteiger partial charge is 0.335 e. The van der Waals surface area contributed by atoms with Crippen molar-refractivity contribution in [2.24, 2.45) is 5.16 Å². The van der Waals surface area contributed by atoms with E-state index in [1.54, 1.807) is 35.6 Å². The molecule has 1 aliphatic rings. The topological polar surface area (TPSA) is 69.9 Å². The quantitative estimate of drug-likeness (QED) is 0.435. The third-order valence-corrected chi connectivity index (χ3v) is 7.20. The van der Waals surface area contributed by atoms with Crippen molar-refractivity contribution in [2.75, 3.05) is 0 Å². The van der Waals surface area contributed by atoms with Crippen LogP contribution in [0.5, 0.6) is 0 Å². The van der Waals surface area contributed by atoms with Gasteiger partial charge in [0.15, 0.2) is 0 Å². The van der Waals surface area contributed by atoms with Crippen molar-refractivity contribution < 1.29 is 15.1 Å². The number of carboxylic acid groups (broad SMARTS) is 1. The molecule has 0 unspecified atom stereocenters. The number of nitrogens with zero attached hydrogens (tertiary/aromatic N) is 1. The van der Waals surface area contributed by atoms with E-state index in [2.05, 4.69) is 39.8 Å². The summed E-state index contributed by atoms with van der Waals surface area (Å²) in [7, 11) is 0. The summed E-state index contributed by atoms with van der Waals surface area (Å²) >= 11 is 1.70. The van der Waals surface area contributed by atoms with Crippen LogP contribution in [-0.4, -0.2) is 22.0 Å². The minimum Gasteiger partial charge on any atom is -0.478 e. The molecule has 4 nitrogen and oxygen atoms in total. The van der Waals surface area contributed by atoms with E-state index < -0.39 is 5.97 Å². The van der Waals surface area contributed by atoms with Crippen LogP contribution in [0.4, 0.5) is 0 Å². The molecule has 2 N–H and O–H groups in total. The van der Waals surface area contributed by atoms with E-state index in [9.17, 15) is 10.0 Å². The van der Waals surface area contributed by atoms with Gasteiger partial charge in [-0.3, -0.25) is 0 Å². The normalized spacial score (nSPS) is 18.4. The molecule has 1 aromatic carbocycles. The van der Waals surface area contributed by atoms with Gasteiger partial charge in [-0.25, -0.2) is 4.79 Å². The molecule has 0 aliphatic heterocycles. The summed E-state index contributed by atoms with van der Waals surface area (Å²) in [4.78, 5) is 13.4. The molecule has 0 fully saturated rings. The van der Waals surface area contributed by atoms with E-state index in [4.69, 9.17) is 5.11 Å². The van der Waals surface area contributed by atoms with Gasteiger partial charge in [0.05, 0.1) is 10.4 Å². The Morgan fingerprint density at radius 2 is 1.58 bits per heavy atom. The first-order valence-corrected chi connectivity index (χ1v) is 9.60. The number of benzene rings is 1. The second kappa shape index (κ2) is 6.23. The second-order valence-corrected chi connectivity index (χ2v) is 9.38. The van der Waals surface area contributed by atoms with Crippen molar-refractivity contribution in [3.63, 3.8) is 0 Å². The minimum atomic E-state index is -0.967. The molecular formula is C21H25NO3S. The lowest BCUT2D eigenvalue weighted by atomic mass is 9.66. The Labute approximate surface area is 158 Å². The number of rotatable bonds is 3. The van der Waals surface area contributed by atoms with Gasteiger partial charge < -0.3 is 10.3 Å². The van der Waals surface area contributed by atoms with Gasteiger partial charge in [0.2, 0.25) is 0 Å². The van der Waals surface area contributed by atoms with Crippen LogP contribution in [0.2, 0.25) is 0 Å². The van der Waals surface area contributed by atoms with Gasteiger partial charge in [-0.1, -0.05) is 45.0 Å². The lowest BCUT2D eigenvalue weighted by Gasteiger charge is -2.39. The first-order valence-electron chi connectivity index (χ1n) is 8.79. The summed E-state index contributed by atoms with van der Waals surface area (Å²) < 4.78 is 0. The summed E-state index contributed by atoms with van der Waals surface area (Å²) in [6.07, 6.45) is 2.26. The summed E-state index contributed by atoms with van der Waals surface area (Å²) in [5.41, 5.74) is 4.18. The van der Waals surface area contributed by atoms with E-state index in [1.807, 2.05) is 0 Å². The average Bonchev–Trinajstić information content (AvgIpc) is 2.93. The number of thiophene rings is 1. The fourth-order valence-corrected chi connectivity index (χ4v) is 5.52. The Morgan fingerprint density at radius 3 is 2.08 bits per heavy atom. The summed E-state index contributed by atoms with van der Waals surface area (Å²) in [6.45, 7) is 11.2. The Bertz CT molecular complexity index is 889. The second-order valence-electron chi connectivity index (χ2n) is 8.36. The largest absolute Gasteiger partial charge is 0.478 e. The van der Waals surface area contributed by atoms with E-state index in [-0.39, 0.29) is 16.4 Å². The number of hydrogen-bond acceptors (Lipinski definition) is 4. The van der Waals surface area contributed by atoms with Crippen LogP contribution in [-0.2, 0) is 10.8 Å². The van der Waals surface area contributed by atoms with Crippen molar-refractivity contribution in [3.05, 3.63) is 56.3 Å². The Balaban J connectivity index is 2.14. The number of hydrogen-bond donors (Lipinski definition) is 2. The Morgan fingerprint density at radius 1 is 1.04 bits per heavy atom. The molecule has 2 aromatic rings. The number of oxime groups is 1. The number of fused-ring (bicyclic) bond motifs is 1. The van der Waals surface area contributed by atoms with E-state index in [1.165, 1.54) is 10.4 Å². The van der Waals surface area contributed by atoms with Crippen molar-refractivity contribution >= 4 is 23.0 Å². The number of aromatic carboxylic acids is 1. The molecule has 1 aliphatic carbocycles. The van der Waals surface area contributed by atoms with Gasteiger partial charge in [-0.15, -0.1) is 11.3 Å². The molecule has 5 heteroatoms. The maximum atomic E-state index is 11.1. The van der Waals surface area contributed by atoms with Crippen LogP contribution in [0.1, 0.15) is 77.3 Å². The van der Waals surface area contributed by atoms with Crippen LogP contribution in [0.15, 0.2) is 29.4 Å². The highest BCUT2D eigenvalue weighted by atomic mass is 32.1. The van der Waals surface area contributed by atoms with Crippen LogP contribution in [0.25, 0.3) is 0 Å². The zero-order valence-corrected chi connectivity index (χ0v) is 16.7. The monoisotopic (exact) mass is 371 g/mol. The SMILES string of the molecule is Cc1c(/C(=N/O)c2ccc(C(=O)O)cc2)sc2c1C(C)(C)CCC2(C)C. The molecule has 0 radical (unpaired) electrons. The molecule has 3 rings (SSSR count). The van der Waals surface area contributed by atoms with Crippen LogP contribution in [0, 0.1) is 6.92 Å². The lowest BCUT2D eigenvalue weighted by Crippen LogP contribution is -2.32. The third kappa shape index (κ3) is 2.94. The molecule has 0 saturated heterocycles. The van der Waals surface area contributed by atoms with Crippen molar-refractivity contribution in [1.82, 2.24) is 0 Å². The average molecular weight is 372 g/mol. The molecule has 0 spiro atoms. The molecule has 0 bridgehead atoms. The van der Waals surface area contributed by atoms with Gasteiger partial charge in [-0.05, 0) is 53.9 Å². The molecule has 138 valence electrons. The molecule has 0 atom stereocenters. The maximum absolute atomic E-state index is 11.1. The predicted octanol–water partition coefficient (Wildman–Crippen LogP) is 5.33. The third-order valence-electron chi connectivity index (χ3n) is 5.53. The van der Waals surface area contributed by atoms with Crippen LogP contribution in [0.3, 0.4) is 0 Å². The minimum absolute atomic E-state index is 0.0947. The van der Waals surface area contributed by atoms with Gasteiger partial charge in [0, 0.05) is 10.4 Å². The molecule has 1 aromatic heterocycles. The highest BCUT2D eigenvalue weighted by Crippen LogP contribution is 2.51. The van der Waals surface area contributed by atoms with E-state index in [0.717, 1.165) is 28.8 Å². The zero-order chi connectivity index (χ0) is 19.3. The zero-order valence-electron chi connectivity index (χ0n) is 15.9. The standard InChI is InChI=1S/C21H25NO3S/c1-12-15-18(21(4,5)11-10-20(15,2)3)26-17(12)16(22-25)13-6-8-14(9-7-13)19(23)24/h6-9,25H,10-11H2,1-5H3,(H,23,24)/b22-16+. The van der Waals surface area contributed by atoms with Gasteiger partial charge in [0.25, 0.3) is 0 Å². The van der Waals surface area contributed by atoms with E-state index >= 15 is 0 Å². The molecule has 0 saturated carbocycles. The summed E-state index contributed by atoms with van der Waals surface area (Å²) in [5, 5.41) is 22.4. The van der Waals surface area contributed by atoms with Crippen molar-refractivity contribution in [1.29, 1.82) is 0 Å². The molecule has 1 heterocycles. The lowest BCUT2D eigenvalue weighted by molar-refractivity contribution is 0.0697. The number of carboxylic acids is 1. The molecular weight excluding hydrogens is 346 g/mol. The predicted molar refractivity (Wildman–Crippen MR) is 105 cm³/mol. The highest BCUT2D eigenvalue weighted by molar-refractivity contribution is 7.15. The first-order chi connectivity index (χ1) is 12.1. The highest BCUT2D eigenvalue weighted by Gasteiger charge is 2.41. The molecule has 0 amide bonds. The van der Waals surface area contributed by atoms with Crippen LogP contribution >= 0.6 is 11.3 Å². The van der Waals surface area contributed by atoms with Crippen molar-refractivity contribution in [3.8, 4) is 0 Å². The molecule has 26 heavy (non-hydrogen) atoms.